The summed E-state index contributed by atoms with van der Waals surface area (Å²) in [6, 6.07) is 22.6. The molecule has 0 unspecified atom stereocenters. The summed E-state index contributed by atoms with van der Waals surface area (Å²) in [5, 5.41) is 37.0. The summed E-state index contributed by atoms with van der Waals surface area (Å²) in [4.78, 5) is 0. The van der Waals surface area contributed by atoms with E-state index in [4.69, 9.17) is 0 Å². The third-order valence-electron chi connectivity index (χ3n) is 5.34. The number of aromatic nitrogens is 2. The quantitative estimate of drug-likeness (QED) is 0.235. The van der Waals surface area contributed by atoms with E-state index in [0.29, 0.717) is 24.0 Å². The number of hydrogen-bond donors (Lipinski definition) is 4. The minimum Gasteiger partial charge on any atom is -0.423 e. The van der Waals surface area contributed by atoms with Crippen molar-refractivity contribution in [1.82, 2.24) is 0 Å². The van der Waals surface area contributed by atoms with Gasteiger partial charge in [-0.2, -0.15) is 0 Å². The van der Waals surface area contributed by atoms with E-state index in [1.54, 1.807) is 24.3 Å². The zero-order chi connectivity index (χ0) is 22.5. The van der Waals surface area contributed by atoms with Crippen LogP contribution in [0.4, 0.5) is 0 Å². The van der Waals surface area contributed by atoms with Gasteiger partial charge in [-0.05, 0) is 23.1 Å². The van der Waals surface area contributed by atoms with Gasteiger partial charge in [0, 0.05) is 23.3 Å². The second-order valence-electron chi connectivity index (χ2n) is 7.76. The molecule has 0 aliphatic heterocycles. The van der Waals surface area contributed by atoms with Crippen LogP contribution in [0.5, 0.6) is 0 Å². The summed E-state index contributed by atoms with van der Waals surface area (Å²) >= 11 is 0. The Bertz CT molecular complexity index is 1090. The molecule has 0 saturated heterocycles. The number of hydrogen-bond acceptors (Lipinski definition) is 4. The summed E-state index contributed by atoms with van der Waals surface area (Å²) in [6.45, 7) is 1.34. The Morgan fingerprint density at radius 2 is 0.906 bits per heavy atom. The Hall–Kier alpha value is -3.29. The van der Waals surface area contributed by atoms with E-state index in [2.05, 4.69) is 33.7 Å². The van der Waals surface area contributed by atoms with Crippen molar-refractivity contribution in [1.29, 1.82) is 0 Å². The Kier molecular flexibility index (Phi) is 6.78. The summed E-state index contributed by atoms with van der Waals surface area (Å²) < 4.78 is 4.19. The molecular formula is C24H24B2N2O4+2. The molecular weight excluding hydrogens is 402 g/mol. The summed E-state index contributed by atoms with van der Waals surface area (Å²) in [6.07, 6.45) is 8.19. The normalized spacial score (nSPS) is 10.8. The lowest BCUT2D eigenvalue weighted by Crippen LogP contribution is -2.35. The highest BCUT2D eigenvalue weighted by Crippen LogP contribution is 2.15. The van der Waals surface area contributed by atoms with Gasteiger partial charge in [-0.3, -0.25) is 0 Å². The van der Waals surface area contributed by atoms with Gasteiger partial charge in [0.2, 0.25) is 0 Å². The topological polar surface area (TPSA) is 88.7 Å². The fourth-order valence-electron chi connectivity index (χ4n) is 3.59. The van der Waals surface area contributed by atoms with Crippen molar-refractivity contribution in [2.45, 2.75) is 13.1 Å². The molecule has 0 fully saturated rings. The molecule has 0 aliphatic rings. The van der Waals surface area contributed by atoms with Crippen LogP contribution >= 0.6 is 0 Å². The van der Waals surface area contributed by atoms with Crippen LogP contribution < -0.4 is 20.1 Å². The largest absolute Gasteiger partial charge is 0.488 e. The molecule has 0 spiro atoms. The first-order valence-electron chi connectivity index (χ1n) is 10.4. The third kappa shape index (κ3) is 5.49. The second kappa shape index (κ2) is 9.89. The zero-order valence-electron chi connectivity index (χ0n) is 17.5. The van der Waals surface area contributed by atoms with Crippen molar-refractivity contribution >= 4 is 25.2 Å². The zero-order valence-corrected chi connectivity index (χ0v) is 17.5. The minimum atomic E-state index is -1.45. The molecule has 0 bridgehead atoms. The van der Waals surface area contributed by atoms with Crippen LogP contribution in [0.2, 0.25) is 0 Å². The van der Waals surface area contributed by atoms with Gasteiger partial charge < -0.3 is 20.1 Å². The SMILES string of the molecule is OB(O)c1ccc(C[n+]2cccc(-c3ccc[n+](Cc4ccc(B(O)O)cc4)c3)c2)cc1. The Morgan fingerprint density at radius 1 is 0.531 bits per heavy atom. The monoisotopic (exact) mass is 426 g/mol. The van der Waals surface area contributed by atoms with Gasteiger partial charge >= 0.3 is 14.2 Å². The predicted octanol–water partition coefficient (Wildman–Crippen LogP) is -0.615. The van der Waals surface area contributed by atoms with Crippen LogP contribution in [-0.4, -0.2) is 34.3 Å². The average molecular weight is 426 g/mol. The van der Waals surface area contributed by atoms with Crippen LogP contribution in [-0.2, 0) is 13.1 Å². The Morgan fingerprint density at radius 3 is 1.25 bits per heavy atom. The summed E-state index contributed by atoms with van der Waals surface area (Å²) in [5.74, 6) is 0. The highest BCUT2D eigenvalue weighted by molar-refractivity contribution is 6.58. The van der Waals surface area contributed by atoms with Crippen LogP contribution in [0.3, 0.4) is 0 Å². The first-order chi connectivity index (χ1) is 15.5. The van der Waals surface area contributed by atoms with Crippen molar-refractivity contribution < 1.29 is 29.2 Å². The third-order valence-corrected chi connectivity index (χ3v) is 5.34. The van der Waals surface area contributed by atoms with Crippen molar-refractivity contribution in [3.05, 3.63) is 109 Å². The molecule has 6 nitrogen and oxygen atoms in total. The highest BCUT2D eigenvalue weighted by atomic mass is 16.4. The number of pyridine rings is 2. The lowest BCUT2D eigenvalue weighted by atomic mass is 9.80. The van der Waals surface area contributed by atoms with E-state index in [0.717, 1.165) is 22.3 Å². The van der Waals surface area contributed by atoms with Gasteiger partial charge in [-0.1, -0.05) is 48.5 Å². The first kappa shape index (κ1) is 21.9. The Balaban J connectivity index is 1.50. The molecule has 158 valence electrons. The number of rotatable bonds is 7. The van der Waals surface area contributed by atoms with Gasteiger partial charge in [0.25, 0.3) is 0 Å². The fraction of sp³-hybridized carbons (Fsp3) is 0.0833. The maximum absolute atomic E-state index is 9.24. The van der Waals surface area contributed by atoms with Gasteiger partial charge in [0.15, 0.2) is 37.9 Å². The van der Waals surface area contributed by atoms with E-state index in [1.807, 2.05) is 48.8 Å². The van der Waals surface area contributed by atoms with E-state index in [1.165, 1.54) is 0 Å². The summed E-state index contributed by atoms with van der Waals surface area (Å²) in [5.41, 5.74) is 5.25. The molecule has 2 aromatic heterocycles. The maximum atomic E-state index is 9.24. The molecule has 2 heterocycles. The van der Waals surface area contributed by atoms with E-state index in [9.17, 15) is 20.1 Å². The second-order valence-corrected chi connectivity index (χ2v) is 7.76. The van der Waals surface area contributed by atoms with E-state index >= 15 is 0 Å². The molecule has 8 heteroatoms. The molecule has 0 amide bonds. The minimum absolute atomic E-state index is 0.475. The average Bonchev–Trinajstić information content (AvgIpc) is 2.80. The lowest BCUT2D eigenvalue weighted by molar-refractivity contribution is -0.689. The van der Waals surface area contributed by atoms with Gasteiger partial charge in [0.1, 0.15) is 0 Å². The van der Waals surface area contributed by atoms with E-state index < -0.39 is 14.2 Å². The molecule has 0 aliphatic carbocycles. The first-order valence-corrected chi connectivity index (χ1v) is 10.4. The lowest BCUT2D eigenvalue weighted by Gasteiger charge is -2.04. The molecule has 4 N–H and O–H groups in total. The molecule has 4 aromatic rings. The summed E-state index contributed by atoms with van der Waals surface area (Å²) in [7, 11) is -2.91. The molecule has 0 atom stereocenters. The van der Waals surface area contributed by atoms with Gasteiger partial charge in [-0.15, -0.1) is 0 Å². The number of benzene rings is 2. The fourth-order valence-corrected chi connectivity index (χ4v) is 3.59. The molecule has 4 rings (SSSR count). The van der Waals surface area contributed by atoms with Crippen molar-refractivity contribution in [3.8, 4) is 11.1 Å². The molecule has 0 radical (unpaired) electrons. The predicted molar refractivity (Wildman–Crippen MR) is 123 cm³/mol. The van der Waals surface area contributed by atoms with Crippen molar-refractivity contribution in [2.75, 3.05) is 0 Å². The Labute approximate surface area is 187 Å². The van der Waals surface area contributed by atoms with Crippen LogP contribution in [0.1, 0.15) is 11.1 Å². The smallest absolute Gasteiger partial charge is 0.423 e. The molecule has 2 aromatic carbocycles. The van der Waals surface area contributed by atoms with Crippen molar-refractivity contribution in [2.24, 2.45) is 0 Å². The van der Waals surface area contributed by atoms with Crippen LogP contribution in [0.25, 0.3) is 11.1 Å². The number of nitrogens with zero attached hydrogens (tertiary/aromatic N) is 2. The van der Waals surface area contributed by atoms with Crippen molar-refractivity contribution in [3.63, 3.8) is 0 Å². The molecule has 32 heavy (non-hydrogen) atoms. The maximum Gasteiger partial charge on any atom is 0.488 e. The van der Waals surface area contributed by atoms with Crippen LogP contribution in [0, 0.1) is 0 Å². The van der Waals surface area contributed by atoms with E-state index in [-0.39, 0.29) is 0 Å². The van der Waals surface area contributed by atoms with Gasteiger partial charge in [-0.25, -0.2) is 9.13 Å². The van der Waals surface area contributed by atoms with Crippen LogP contribution in [0.15, 0.2) is 97.6 Å². The van der Waals surface area contributed by atoms with Gasteiger partial charge in [0.05, 0.1) is 11.1 Å². The standard InChI is InChI=1S/C24H24B2N2O4/c29-25(30)23-9-5-19(6-10-23)15-27-13-1-3-21(17-27)22-4-2-14-28(18-22)16-20-7-11-24(12-8-20)26(31)32/h1-14,17-18,29-32H,15-16H2/q+2. The molecule has 0 saturated carbocycles. The highest BCUT2D eigenvalue weighted by Gasteiger charge is 2.14.